The largest absolute Gasteiger partial charge is 0.339 e. The molecule has 0 saturated carbocycles. The summed E-state index contributed by atoms with van der Waals surface area (Å²) >= 11 is 3.38. The Balaban J connectivity index is 1.85. The molecule has 0 aromatic heterocycles. The van der Waals surface area contributed by atoms with E-state index in [1.54, 1.807) is 4.90 Å². The molecule has 1 aliphatic heterocycles. The van der Waals surface area contributed by atoms with Crippen LogP contribution in [0.5, 0.6) is 0 Å². The van der Waals surface area contributed by atoms with Crippen LogP contribution in [0.3, 0.4) is 0 Å². The maximum atomic E-state index is 12.6. The summed E-state index contributed by atoms with van der Waals surface area (Å²) < 4.78 is 0.994. The number of nitrogens with two attached hydrogens (primary N) is 1. The van der Waals surface area contributed by atoms with Crippen molar-refractivity contribution in [2.75, 3.05) is 13.1 Å². The lowest BCUT2D eigenvalue weighted by Gasteiger charge is -2.24. The molecule has 132 valence electrons. The average molecular weight is 397 g/mol. The number of benzene rings is 1. The Hall–Kier alpha value is -1.60. The van der Waals surface area contributed by atoms with E-state index in [1.165, 1.54) is 0 Å². The highest BCUT2D eigenvalue weighted by atomic mass is 79.9. The normalized spacial score (nSPS) is 18.3. The van der Waals surface area contributed by atoms with Crippen LogP contribution >= 0.6 is 15.9 Å². The Labute approximate surface area is 151 Å². The van der Waals surface area contributed by atoms with Gasteiger partial charge in [-0.15, -0.1) is 0 Å². The van der Waals surface area contributed by atoms with Crippen LogP contribution in [0.2, 0.25) is 0 Å². The van der Waals surface area contributed by atoms with Crippen LogP contribution in [0, 0.1) is 0 Å². The second kappa shape index (κ2) is 9.03. The van der Waals surface area contributed by atoms with Gasteiger partial charge in [0.15, 0.2) is 0 Å². The van der Waals surface area contributed by atoms with Gasteiger partial charge in [-0.05, 0) is 30.5 Å². The molecule has 0 bridgehead atoms. The number of hydrogen-bond acceptors (Lipinski definition) is 3. The number of nitrogens with one attached hydrogen (secondary N) is 2. The first-order valence-corrected chi connectivity index (χ1v) is 9.12. The quantitative estimate of drug-likeness (QED) is 0.686. The summed E-state index contributed by atoms with van der Waals surface area (Å²) in [7, 11) is 0. The second-order valence-corrected chi connectivity index (χ2v) is 7.04. The van der Waals surface area contributed by atoms with Crippen molar-refractivity contribution in [2.45, 2.75) is 44.8 Å². The summed E-state index contributed by atoms with van der Waals surface area (Å²) in [5, 5.41) is 5.60. The Kier molecular flexibility index (Phi) is 7.05. The van der Waals surface area contributed by atoms with Gasteiger partial charge in [-0.25, -0.2) is 4.79 Å². The van der Waals surface area contributed by atoms with Crippen LogP contribution < -0.4 is 16.4 Å². The smallest absolute Gasteiger partial charge is 0.315 e. The maximum absolute atomic E-state index is 12.6. The first kappa shape index (κ1) is 18.7. The zero-order chi connectivity index (χ0) is 17.5. The number of nitrogens with zero attached hydrogens (tertiary/aromatic N) is 1. The lowest BCUT2D eigenvalue weighted by Crippen LogP contribution is -2.51. The molecule has 2 atom stereocenters. The number of carbonyl (C=O) groups excluding carboxylic acids is 2. The number of carbonyl (C=O) groups is 2. The molecule has 0 radical (unpaired) electrons. The van der Waals surface area contributed by atoms with Gasteiger partial charge in [0.05, 0.1) is 0 Å². The van der Waals surface area contributed by atoms with Gasteiger partial charge in [0, 0.05) is 30.1 Å². The molecule has 6 nitrogen and oxygen atoms in total. The Bertz CT molecular complexity index is 564. The first-order chi connectivity index (χ1) is 11.5. The zero-order valence-corrected chi connectivity index (χ0v) is 15.5. The summed E-state index contributed by atoms with van der Waals surface area (Å²) in [4.78, 5) is 26.4. The molecule has 4 N–H and O–H groups in total. The molecule has 1 unspecified atom stereocenters. The fraction of sp³-hybridized carbons (Fsp3) is 0.529. The number of hydrogen-bond donors (Lipinski definition) is 3. The van der Waals surface area contributed by atoms with Gasteiger partial charge < -0.3 is 21.3 Å². The lowest BCUT2D eigenvalue weighted by molar-refractivity contribution is -0.132. The number of likely N-dealkylation sites (tertiary alicyclic amines) is 1. The van der Waals surface area contributed by atoms with E-state index in [0.717, 1.165) is 22.9 Å². The topological polar surface area (TPSA) is 87.5 Å². The summed E-state index contributed by atoms with van der Waals surface area (Å²) in [6.07, 6.45) is 2.26. The predicted octanol–water partition coefficient (Wildman–Crippen LogP) is 1.98. The van der Waals surface area contributed by atoms with Gasteiger partial charge in [-0.3, -0.25) is 4.79 Å². The zero-order valence-electron chi connectivity index (χ0n) is 13.9. The van der Waals surface area contributed by atoms with Crippen LogP contribution in [0.4, 0.5) is 4.79 Å². The van der Waals surface area contributed by atoms with Crippen molar-refractivity contribution in [1.82, 2.24) is 15.5 Å². The highest BCUT2D eigenvalue weighted by Gasteiger charge is 2.29. The summed E-state index contributed by atoms with van der Waals surface area (Å²) in [5.41, 5.74) is 6.86. The van der Waals surface area contributed by atoms with Crippen LogP contribution in [0.25, 0.3) is 0 Å². The molecular formula is C17H25BrN4O2. The molecule has 0 spiro atoms. The third-order valence-electron chi connectivity index (χ3n) is 4.08. The fourth-order valence-corrected chi connectivity index (χ4v) is 3.01. The van der Waals surface area contributed by atoms with Crippen molar-refractivity contribution < 1.29 is 9.59 Å². The lowest BCUT2D eigenvalue weighted by atomic mass is 10.1. The molecule has 7 heteroatoms. The number of rotatable bonds is 6. The summed E-state index contributed by atoms with van der Waals surface area (Å²) in [6, 6.07) is 6.94. The second-order valence-electron chi connectivity index (χ2n) is 6.13. The highest BCUT2D eigenvalue weighted by Crippen LogP contribution is 2.12. The average Bonchev–Trinajstić information content (AvgIpc) is 3.00. The fourth-order valence-electron chi connectivity index (χ4n) is 2.75. The number of amides is 3. The van der Waals surface area contributed by atoms with Crippen molar-refractivity contribution in [3.63, 3.8) is 0 Å². The van der Waals surface area contributed by atoms with Gasteiger partial charge in [0.25, 0.3) is 0 Å². The third-order valence-corrected chi connectivity index (χ3v) is 4.61. The number of halogens is 1. The maximum Gasteiger partial charge on any atom is 0.315 e. The summed E-state index contributed by atoms with van der Waals surface area (Å²) in [5.74, 6) is -0.0383. The van der Waals surface area contributed by atoms with Crippen LogP contribution in [0.15, 0.2) is 28.7 Å². The van der Waals surface area contributed by atoms with Crippen LogP contribution in [0.1, 0.15) is 31.7 Å². The molecule has 0 aliphatic carbocycles. The first-order valence-electron chi connectivity index (χ1n) is 8.32. The molecule has 3 amide bonds. The van der Waals surface area contributed by atoms with E-state index in [0.29, 0.717) is 26.1 Å². The van der Waals surface area contributed by atoms with Gasteiger partial charge in [0.1, 0.15) is 6.04 Å². The van der Waals surface area contributed by atoms with Crippen molar-refractivity contribution in [1.29, 1.82) is 0 Å². The number of urea groups is 1. The standard InChI is InChI=1S/C17H25BrN4O2/c1-2-3-15(16(23)22-9-8-14(19)11-22)21-17(24)20-10-12-4-6-13(18)7-5-12/h4-7,14-15H,2-3,8-11,19H2,1H3,(H2,20,21,24)/t14-,15?/m1/s1. The van der Waals surface area contributed by atoms with Crippen molar-refractivity contribution >= 4 is 27.9 Å². The van der Waals surface area contributed by atoms with E-state index >= 15 is 0 Å². The molecule has 1 saturated heterocycles. The van der Waals surface area contributed by atoms with Crippen LogP contribution in [-0.2, 0) is 11.3 Å². The predicted molar refractivity (Wildman–Crippen MR) is 97.4 cm³/mol. The van der Waals surface area contributed by atoms with Gasteiger partial charge in [0.2, 0.25) is 5.91 Å². The highest BCUT2D eigenvalue weighted by molar-refractivity contribution is 9.10. The summed E-state index contributed by atoms with van der Waals surface area (Å²) in [6.45, 7) is 3.65. The monoisotopic (exact) mass is 396 g/mol. The molecule has 1 aliphatic rings. The molecule has 24 heavy (non-hydrogen) atoms. The minimum Gasteiger partial charge on any atom is -0.339 e. The van der Waals surface area contributed by atoms with Crippen molar-refractivity contribution in [3.8, 4) is 0 Å². The Morgan fingerprint density at radius 2 is 2.08 bits per heavy atom. The molecule has 2 rings (SSSR count). The Morgan fingerprint density at radius 3 is 2.67 bits per heavy atom. The molecular weight excluding hydrogens is 372 g/mol. The Morgan fingerprint density at radius 1 is 1.38 bits per heavy atom. The van der Waals surface area contributed by atoms with E-state index in [1.807, 2.05) is 31.2 Å². The molecule has 1 heterocycles. The van der Waals surface area contributed by atoms with Crippen LogP contribution in [-0.4, -0.2) is 42.0 Å². The third kappa shape index (κ3) is 5.49. The molecule has 1 fully saturated rings. The van der Waals surface area contributed by atoms with E-state index in [4.69, 9.17) is 5.73 Å². The van der Waals surface area contributed by atoms with Crippen molar-refractivity contribution in [3.05, 3.63) is 34.3 Å². The van der Waals surface area contributed by atoms with Crippen molar-refractivity contribution in [2.24, 2.45) is 5.73 Å². The van der Waals surface area contributed by atoms with E-state index < -0.39 is 6.04 Å². The SMILES string of the molecule is CCCC(NC(=O)NCc1ccc(Br)cc1)C(=O)N1CC[C@@H](N)C1. The minimum atomic E-state index is -0.495. The van der Waals surface area contributed by atoms with Gasteiger partial charge in [-0.2, -0.15) is 0 Å². The van der Waals surface area contributed by atoms with E-state index in [2.05, 4.69) is 26.6 Å². The van der Waals surface area contributed by atoms with Gasteiger partial charge >= 0.3 is 6.03 Å². The molecule has 1 aromatic rings. The molecule has 1 aromatic carbocycles. The van der Waals surface area contributed by atoms with E-state index in [9.17, 15) is 9.59 Å². The van der Waals surface area contributed by atoms with Gasteiger partial charge in [-0.1, -0.05) is 41.4 Å². The minimum absolute atomic E-state index is 0.0383. The van der Waals surface area contributed by atoms with E-state index in [-0.39, 0.29) is 18.0 Å².